The van der Waals surface area contributed by atoms with Crippen molar-refractivity contribution in [1.29, 1.82) is 0 Å². The third-order valence-electron chi connectivity index (χ3n) is 9.47. The Balaban J connectivity index is 0.00000406. The Morgan fingerprint density at radius 2 is 1.48 bits per heavy atom. The van der Waals surface area contributed by atoms with Crippen LogP contribution in [0.25, 0.3) is 55.5 Å². The van der Waals surface area contributed by atoms with Gasteiger partial charge in [-0.25, -0.2) is 14.1 Å². The summed E-state index contributed by atoms with van der Waals surface area (Å²) in [5, 5.41) is 4.56. The van der Waals surface area contributed by atoms with Gasteiger partial charge < -0.3 is 4.57 Å². The molecule has 0 unspecified atom stereocenters. The molecular formula is C42H37N4PtSi-. The molecule has 0 amide bonds. The van der Waals surface area contributed by atoms with Gasteiger partial charge in [0.1, 0.15) is 5.82 Å². The normalized spacial score (nSPS) is 13.1. The van der Waals surface area contributed by atoms with Crippen molar-refractivity contribution in [3.63, 3.8) is 0 Å². The summed E-state index contributed by atoms with van der Waals surface area (Å²) in [4.78, 5) is 4.92. The summed E-state index contributed by atoms with van der Waals surface area (Å²) < 4.78 is 29.9. The van der Waals surface area contributed by atoms with Gasteiger partial charge in [-0.1, -0.05) is 74.9 Å². The van der Waals surface area contributed by atoms with Gasteiger partial charge in [0.15, 0.2) is 17.4 Å². The quantitative estimate of drug-likeness (QED) is 0.122. The van der Waals surface area contributed by atoms with Gasteiger partial charge in [0.05, 0.1) is 8.07 Å². The first-order chi connectivity index (χ1) is 24.0. The van der Waals surface area contributed by atoms with E-state index in [4.69, 9.17) is 9.10 Å². The van der Waals surface area contributed by atoms with Crippen LogP contribution >= 0.6 is 0 Å². The molecule has 0 fully saturated rings. The van der Waals surface area contributed by atoms with E-state index >= 15 is 0 Å². The fraction of sp³-hybridized carbons (Fsp3) is 0.143. The van der Waals surface area contributed by atoms with Crippen molar-refractivity contribution in [2.75, 3.05) is 0 Å². The molecule has 0 N–H and O–H groups in total. The molecule has 240 valence electrons. The Bertz CT molecular complexity index is 2570. The van der Waals surface area contributed by atoms with Crippen LogP contribution in [0.4, 0.5) is 0 Å². The van der Waals surface area contributed by atoms with Crippen LogP contribution in [0.1, 0.15) is 29.4 Å². The number of imidazole rings is 1. The molecule has 0 spiro atoms. The number of para-hydroxylation sites is 3. The molecule has 8 aromatic rings. The molecule has 5 aromatic carbocycles. The molecule has 0 saturated heterocycles. The van der Waals surface area contributed by atoms with Gasteiger partial charge in [-0.2, -0.15) is 40.7 Å². The number of hydrogen-bond acceptors (Lipinski definition) is 1. The second-order valence-electron chi connectivity index (χ2n) is 13.1. The predicted molar refractivity (Wildman–Crippen MR) is 199 cm³/mol. The predicted octanol–water partition coefficient (Wildman–Crippen LogP) is 8.95. The maximum absolute atomic E-state index is 8.12. The fourth-order valence-corrected chi connectivity index (χ4v) is 9.05. The molecule has 0 bridgehead atoms. The molecule has 6 heteroatoms. The number of aryl methyl sites for hydroxylation is 1. The molecule has 8 rings (SSSR count). The topological polar surface area (TPSA) is 27.7 Å². The number of pyridine rings is 1. The summed E-state index contributed by atoms with van der Waals surface area (Å²) in [5.41, 5.74) is 8.04. The summed E-state index contributed by atoms with van der Waals surface area (Å²) in [6, 6.07) is 47.2. The number of benzene rings is 5. The summed E-state index contributed by atoms with van der Waals surface area (Å²) in [6.45, 7) is 6.82. The average molecular weight is 824 g/mol. The standard InChI is InChI=1S/C42H37N4Si.Pt/c1-29(2)34-15-6-7-16-35(34)30-23-24-43-42(25-30)46-38-18-9-8-17-36(38)37-22-21-33(27-41(37)46)47(4,5)32-14-12-13-31(26-32)45-28-44(3)39-19-10-11-20-40(39)45;/h6-25,28-29H,1-5H3;/q-1;/i3D3;. The largest absolute Gasteiger partial charge is 0.319 e. The van der Waals surface area contributed by atoms with Gasteiger partial charge in [-0.05, 0) is 58.3 Å². The van der Waals surface area contributed by atoms with Crippen LogP contribution in [-0.2, 0) is 28.0 Å². The monoisotopic (exact) mass is 823 g/mol. The molecule has 48 heavy (non-hydrogen) atoms. The third-order valence-corrected chi connectivity index (χ3v) is 12.7. The zero-order valence-electron chi connectivity index (χ0n) is 30.3. The first kappa shape index (κ1) is 28.4. The van der Waals surface area contributed by atoms with E-state index in [-0.39, 0.29) is 21.1 Å². The smallest absolute Gasteiger partial charge is 0.188 e. The SMILES string of the molecule is [2H]C([2H])([2H])n1[cH+]n(-c2[c-]c([Si](C)(C)c3[c-]c4c(cc3)c3ccccc3n4-c3cc(-c4ccccc4C(C)C)ccn3)ccc2)c2ccccc21.[Pt]. The van der Waals surface area contributed by atoms with Gasteiger partial charge in [0.2, 0.25) is 0 Å². The minimum atomic E-state index is -2.37. The summed E-state index contributed by atoms with van der Waals surface area (Å²) in [5.74, 6) is 1.25. The van der Waals surface area contributed by atoms with Crippen LogP contribution < -0.4 is 10.4 Å². The zero-order valence-corrected chi connectivity index (χ0v) is 30.6. The molecule has 0 saturated carbocycles. The first-order valence-corrected chi connectivity index (χ1v) is 19.1. The van der Waals surface area contributed by atoms with E-state index in [2.05, 4.69) is 123 Å². The third kappa shape index (κ3) is 5.26. The molecule has 3 heterocycles. The van der Waals surface area contributed by atoms with E-state index < -0.39 is 15.0 Å². The Labute approximate surface area is 301 Å². The van der Waals surface area contributed by atoms with Crippen LogP contribution in [0.15, 0.2) is 128 Å². The maximum atomic E-state index is 8.12. The van der Waals surface area contributed by atoms with Crippen LogP contribution in [0.5, 0.6) is 0 Å². The Hall–Kier alpha value is -4.57. The Kier molecular flexibility index (Phi) is 7.38. The maximum Gasteiger partial charge on any atom is 0.188 e. The van der Waals surface area contributed by atoms with Crippen LogP contribution in [0.2, 0.25) is 13.1 Å². The number of hydrogen-bond donors (Lipinski definition) is 0. The van der Waals surface area contributed by atoms with E-state index in [1.807, 2.05) is 47.2 Å². The second kappa shape index (κ2) is 12.5. The van der Waals surface area contributed by atoms with E-state index in [0.717, 1.165) is 54.8 Å². The molecule has 3 aromatic heterocycles. The Morgan fingerprint density at radius 3 is 2.29 bits per heavy atom. The number of aromatic nitrogens is 4. The van der Waals surface area contributed by atoms with E-state index in [0.29, 0.717) is 11.4 Å². The number of nitrogens with zero attached hydrogens (tertiary/aromatic N) is 4. The van der Waals surface area contributed by atoms with Crippen LogP contribution in [0, 0.1) is 12.1 Å². The van der Waals surface area contributed by atoms with Gasteiger partial charge >= 0.3 is 0 Å². The molecule has 0 aliphatic rings. The minimum absolute atomic E-state index is 0. The minimum Gasteiger partial charge on any atom is -0.319 e. The van der Waals surface area contributed by atoms with Crippen molar-refractivity contribution in [2.24, 2.45) is 6.98 Å². The molecule has 0 aliphatic carbocycles. The van der Waals surface area contributed by atoms with E-state index in [9.17, 15) is 0 Å². The number of rotatable bonds is 6. The van der Waals surface area contributed by atoms with Crippen molar-refractivity contribution < 1.29 is 25.2 Å². The van der Waals surface area contributed by atoms with Gasteiger partial charge in [-0.15, -0.1) is 17.5 Å². The van der Waals surface area contributed by atoms with Crippen LogP contribution in [0.3, 0.4) is 0 Å². The molecule has 0 radical (unpaired) electrons. The molecular weight excluding hydrogens is 784 g/mol. The summed E-state index contributed by atoms with van der Waals surface area (Å²) >= 11 is 0. The van der Waals surface area contributed by atoms with E-state index in [1.54, 1.807) is 6.33 Å². The van der Waals surface area contributed by atoms with E-state index in [1.165, 1.54) is 15.7 Å². The van der Waals surface area contributed by atoms with Crippen molar-refractivity contribution in [3.8, 4) is 22.6 Å². The van der Waals surface area contributed by atoms with Crippen molar-refractivity contribution in [2.45, 2.75) is 32.9 Å². The Morgan fingerprint density at radius 1 is 0.750 bits per heavy atom. The molecule has 4 nitrogen and oxygen atoms in total. The fourth-order valence-electron chi connectivity index (χ4n) is 6.88. The summed E-state index contributed by atoms with van der Waals surface area (Å²) in [6.07, 6.45) is 3.57. The van der Waals surface area contributed by atoms with Gasteiger partial charge in [0, 0.05) is 61.7 Å². The van der Waals surface area contributed by atoms with Crippen LogP contribution in [-0.4, -0.2) is 26.8 Å². The van der Waals surface area contributed by atoms with Crippen molar-refractivity contribution >= 4 is 51.3 Å². The molecule has 0 aliphatic heterocycles. The zero-order chi connectivity index (χ0) is 34.8. The molecule has 0 atom stereocenters. The second-order valence-corrected chi connectivity index (χ2v) is 17.4. The summed E-state index contributed by atoms with van der Waals surface area (Å²) in [7, 11) is -2.37. The van der Waals surface area contributed by atoms with Gasteiger partial charge in [-0.3, -0.25) is 0 Å². The first-order valence-electron chi connectivity index (χ1n) is 17.6. The average Bonchev–Trinajstić information content (AvgIpc) is 3.68. The number of fused-ring (bicyclic) bond motifs is 4. The van der Waals surface area contributed by atoms with Crippen molar-refractivity contribution in [1.82, 2.24) is 18.7 Å². The van der Waals surface area contributed by atoms with Crippen molar-refractivity contribution in [3.05, 3.63) is 145 Å². The van der Waals surface area contributed by atoms with Gasteiger partial charge in [0.25, 0.3) is 0 Å².